The van der Waals surface area contributed by atoms with Gasteiger partial charge in [-0.2, -0.15) is 0 Å². The van der Waals surface area contributed by atoms with E-state index in [2.05, 4.69) is 32.2 Å². The number of rotatable bonds is 4. The van der Waals surface area contributed by atoms with Gasteiger partial charge < -0.3 is 5.32 Å². The van der Waals surface area contributed by atoms with E-state index in [4.69, 9.17) is 0 Å². The second-order valence-electron chi connectivity index (χ2n) is 4.43. The molecule has 0 aliphatic rings. The SMILES string of the molecule is CCNC(c1cccc(F)c1)c1cc(C)c(C)s1. The maximum Gasteiger partial charge on any atom is 0.123 e. The van der Waals surface area contributed by atoms with Crippen LogP contribution in [-0.2, 0) is 0 Å². The highest BCUT2D eigenvalue weighted by Crippen LogP contribution is 2.30. The summed E-state index contributed by atoms with van der Waals surface area (Å²) in [6.45, 7) is 7.17. The summed E-state index contributed by atoms with van der Waals surface area (Å²) in [6, 6.07) is 9.11. The van der Waals surface area contributed by atoms with Gasteiger partial charge in [0.15, 0.2) is 0 Å². The van der Waals surface area contributed by atoms with Crippen LogP contribution in [0.5, 0.6) is 0 Å². The van der Waals surface area contributed by atoms with Crippen LogP contribution in [-0.4, -0.2) is 6.54 Å². The van der Waals surface area contributed by atoms with Gasteiger partial charge in [-0.05, 0) is 49.7 Å². The van der Waals surface area contributed by atoms with E-state index in [1.165, 1.54) is 21.4 Å². The van der Waals surface area contributed by atoms with Gasteiger partial charge in [0.05, 0.1) is 6.04 Å². The standard InChI is InChI=1S/C15H18FNS/c1-4-17-15(12-6-5-7-13(16)9-12)14-8-10(2)11(3)18-14/h5-9,15,17H,4H2,1-3H3. The zero-order valence-electron chi connectivity index (χ0n) is 11.0. The summed E-state index contributed by atoms with van der Waals surface area (Å²) < 4.78 is 13.3. The minimum absolute atomic E-state index is 0.0862. The first-order valence-corrected chi connectivity index (χ1v) is 6.99. The van der Waals surface area contributed by atoms with Gasteiger partial charge in [-0.3, -0.25) is 0 Å². The summed E-state index contributed by atoms with van der Waals surface area (Å²) in [4.78, 5) is 2.57. The molecule has 18 heavy (non-hydrogen) atoms. The molecule has 0 aliphatic heterocycles. The van der Waals surface area contributed by atoms with Crippen molar-refractivity contribution in [3.63, 3.8) is 0 Å². The van der Waals surface area contributed by atoms with Crippen LogP contribution in [0.3, 0.4) is 0 Å². The molecule has 1 aromatic carbocycles. The van der Waals surface area contributed by atoms with Crippen molar-refractivity contribution in [3.8, 4) is 0 Å². The van der Waals surface area contributed by atoms with Crippen molar-refractivity contribution in [3.05, 3.63) is 57.0 Å². The van der Waals surface area contributed by atoms with E-state index in [1.54, 1.807) is 23.5 Å². The number of hydrogen-bond acceptors (Lipinski definition) is 2. The fourth-order valence-corrected chi connectivity index (χ4v) is 3.16. The van der Waals surface area contributed by atoms with E-state index in [0.717, 1.165) is 12.1 Å². The Labute approximate surface area is 112 Å². The van der Waals surface area contributed by atoms with Crippen molar-refractivity contribution >= 4 is 11.3 Å². The molecule has 1 atom stereocenters. The molecule has 1 N–H and O–H groups in total. The lowest BCUT2D eigenvalue weighted by atomic mass is 10.0. The molecule has 0 fully saturated rings. The average molecular weight is 263 g/mol. The first kappa shape index (κ1) is 13.2. The molecule has 2 aromatic rings. The molecule has 2 rings (SSSR count). The molecule has 0 radical (unpaired) electrons. The number of halogens is 1. The van der Waals surface area contributed by atoms with E-state index < -0.39 is 0 Å². The van der Waals surface area contributed by atoms with Gasteiger partial charge in [-0.1, -0.05) is 19.1 Å². The number of hydrogen-bond donors (Lipinski definition) is 1. The predicted octanol–water partition coefficient (Wildman–Crippen LogP) is 4.20. The van der Waals surface area contributed by atoms with Crippen LogP contribution < -0.4 is 5.32 Å². The minimum Gasteiger partial charge on any atom is -0.306 e. The Kier molecular flexibility index (Phi) is 4.15. The van der Waals surface area contributed by atoms with E-state index in [0.29, 0.717) is 0 Å². The van der Waals surface area contributed by atoms with E-state index >= 15 is 0 Å². The summed E-state index contributed by atoms with van der Waals surface area (Å²) in [5.41, 5.74) is 2.28. The third-order valence-corrected chi connectivity index (χ3v) is 4.28. The summed E-state index contributed by atoms with van der Waals surface area (Å²) in [7, 11) is 0. The largest absolute Gasteiger partial charge is 0.306 e. The molecule has 0 aliphatic carbocycles. The number of thiophene rings is 1. The first-order chi connectivity index (χ1) is 8.61. The Morgan fingerprint density at radius 3 is 2.61 bits per heavy atom. The maximum absolute atomic E-state index is 13.3. The van der Waals surface area contributed by atoms with Crippen LogP contribution in [0.1, 0.15) is 33.8 Å². The van der Waals surface area contributed by atoms with Crippen molar-refractivity contribution in [2.24, 2.45) is 0 Å². The van der Waals surface area contributed by atoms with E-state index in [1.807, 2.05) is 6.07 Å². The fourth-order valence-electron chi connectivity index (χ4n) is 2.02. The zero-order valence-corrected chi connectivity index (χ0v) is 11.8. The van der Waals surface area contributed by atoms with E-state index in [-0.39, 0.29) is 11.9 Å². The lowest BCUT2D eigenvalue weighted by Crippen LogP contribution is -2.21. The molecule has 0 amide bonds. The van der Waals surface area contributed by atoms with Crippen molar-refractivity contribution in [2.75, 3.05) is 6.54 Å². The van der Waals surface area contributed by atoms with Gasteiger partial charge in [0.25, 0.3) is 0 Å². The monoisotopic (exact) mass is 263 g/mol. The second-order valence-corrected chi connectivity index (χ2v) is 5.72. The van der Waals surface area contributed by atoms with Gasteiger partial charge in [-0.15, -0.1) is 11.3 Å². The number of benzene rings is 1. The lowest BCUT2D eigenvalue weighted by molar-refractivity contribution is 0.607. The Morgan fingerprint density at radius 1 is 1.28 bits per heavy atom. The Balaban J connectivity index is 2.39. The highest BCUT2D eigenvalue weighted by atomic mass is 32.1. The molecule has 1 heterocycles. The molecular formula is C15H18FNS. The molecule has 1 aromatic heterocycles. The minimum atomic E-state index is -0.180. The molecule has 0 saturated heterocycles. The van der Waals surface area contributed by atoms with E-state index in [9.17, 15) is 4.39 Å². The summed E-state index contributed by atoms with van der Waals surface area (Å²) in [5, 5.41) is 3.43. The van der Waals surface area contributed by atoms with Crippen molar-refractivity contribution in [1.82, 2.24) is 5.32 Å². The fraction of sp³-hybridized carbons (Fsp3) is 0.333. The van der Waals surface area contributed by atoms with Crippen LogP contribution in [0.2, 0.25) is 0 Å². The molecule has 1 unspecified atom stereocenters. The van der Waals surface area contributed by atoms with Crippen LogP contribution in [0.15, 0.2) is 30.3 Å². The normalized spacial score (nSPS) is 12.7. The molecule has 96 valence electrons. The number of nitrogens with one attached hydrogen (secondary N) is 1. The lowest BCUT2D eigenvalue weighted by Gasteiger charge is -2.17. The Hall–Kier alpha value is -1.19. The third-order valence-electron chi connectivity index (χ3n) is 3.06. The summed E-state index contributed by atoms with van der Waals surface area (Å²) >= 11 is 1.78. The van der Waals surface area contributed by atoms with Crippen molar-refractivity contribution in [1.29, 1.82) is 0 Å². The summed E-state index contributed by atoms with van der Waals surface area (Å²) in [5.74, 6) is -0.180. The third kappa shape index (κ3) is 2.79. The van der Waals surface area contributed by atoms with Crippen LogP contribution in [0.25, 0.3) is 0 Å². The predicted molar refractivity (Wildman–Crippen MR) is 75.7 cm³/mol. The molecular weight excluding hydrogens is 245 g/mol. The molecule has 0 saturated carbocycles. The number of aryl methyl sites for hydroxylation is 2. The smallest absolute Gasteiger partial charge is 0.123 e. The van der Waals surface area contributed by atoms with Crippen LogP contribution in [0, 0.1) is 19.7 Å². The quantitative estimate of drug-likeness (QED) is 0.871. The topological polar surface area (TPSA) is 12.0 Å². The first-order valence-electron chi connectivity index (χ1n) is 6.17. The van der Waals surface area contributed by atoms with Gasteiger partial charge in [0.2, 0.25) is 0 Å². The second kappa shape index (κ2) is 5.63. The Bertz CT molecular complexity index is 514. The van der Waals surface area contributed by atoms with Gasteiger partial charge in [0, 0.05) is 9.75 Å². The summed E-state index contributed by atoms with van der Waals surface area (Å²) in [6.07, 6.45) is 0. The van der Waals surface area contributed by atoms with Crippen molar-refractivity contribution < 1.29 is 4.39 Å². The highest BCUT2D eigenvalue weighted by Gasteiger charge is 2.16. The maximum atomic E-state index is 13.3. The highest BCUT2D eigenvalue weighted by molar-refractivity contribution is 7.12. The molecule has 1 nitrogen and oxygen atoms in total. The van der Waals surface area contributed by atoms with Crippen LogP contribution in [0.4, 0.5) is 4.39 Å². The molecule has 0 bridgehead atoms. The Morgan fingerprint density at radius 2 is 2.06 bits per heavy atom. The van der Waals surface area contributed by atoms with Crippen molar-refractivity contribution in [2.45, 2.75) is 26.8 Å². The van der Waals surface area contributed by atoms with Gasteiger partial charge in [-0.25, -0.2) is 4.39 Å². The zero-order chi connectivity index (χ0) is 13.1. The average Bonchev–Trinajstić information content (AvgIpc) is 2.66. The molecule has 0 spiro atoms. The van der Waals surface area contributed by atoms with Gasteiger partial charge in [0.1, 0.15) is 5.82 Å². The van der Waals surface area contributed by atoms with Crippen LogP contribution >= 0.6 is 11.3 Å². The molecule has 3 heteroatoms. The van der Waals surface area contributed by atoms with Gasteiger partial charge >= 0.3 is 0 Å².